The van der Waals surface area contributed by atoms with Crippen molar-refractivity contribution in [1.82, 2.24) is 5.32 Å². The number of hydrogen-bond acceptors (Lipinski definition) is 2. The fourth-order valence-electron chi connectivity index (χ4n) is 0.289. The minimum atomic E-state index is 0.0972. The molecule has 10 heavy (non-hydrogen) atoms. The van der Waals surface area contributed by atoms with Crippen LogP contribution in [0.15, 0.2) is 0 Å². The van der Waals surface area contributed by atoms with Crippen LogP contribution in [0.5, 0.6) is 0 Å². The molecule has 0 unspecified atom stereocenters. The zero-order valence-corrected chi connectivity index (χ0v) is 6.97. The van der Waals surface area contributed by atoms with Crippen LogP contribution in [0.2, 0.25) is 0 Å². The topological polar surface area (TPSA) is 46.2 Å². The van der Waals surface area contributed by atoms with Gasteiger partial charge in [0.15, 0.2) is 0 Å². The lowest BCUT2D eigenvalue weighted by atomic mass is 10.2. The molecule has 0 atom stereocenters. The summed E-state index contributed by atoms with van der Waals surface area (Å²) in [6.07, 6.45) is 0.750. The molecule has 1 amide bonds. The Balaban J connectivity index is 0. The van der Waals surface area contributed by atoms with Gasteiger partial charge in [-0.15, -0.1) is 0 Å². The smallest absolute Gasteiger partial charge is 0.222 e. The zero-order chi connectivity index (χ0) is 8.57. The van der Waals surface area contributed by atoms with E-state index in [-0.39, 0.29) is 11.8 Å². The second-order valence-corrected chi connectivity index (χ2v) is 2.00. The summed E-state index contributed by atoms with van der Waals surface area (Å²) in [4.78, 5) is 19.2. The standard InChI is InChI=1S/C5H11NO.C2H4O/c1-4(2)5(7)6-3;1-2-3/h4H,1-3H3,(H,6,7);2H,1H3. The number of carbonyl (C=O) groups excluding carboxylic acids is 2. The molecule has 0 aliphatic heterocycles. The van der Waals surface area contributed by atoms with Gasteiger partial charge in [-0.2, -0.15) is 0 Å². The lowest BCUT2D eigenvalue weighted by Gasteiger charge is -1.98. The first-order valence-corrected chi connectivity index (χ1v) is 3.21. The summed E-state index contributed by atoms with van der Waals surface area (Å²) in [6.45, 7) is 5.16. The Bertz CT molecular complexity index is 99.8. The molecule has 0 aliphatic rings. The highest BCUT2D eigenvalue weighted by atomic mass is 16.1. The number of hydrogen-bond donors (Lipinski definition) is 1. The summed E-state index contributed by atoms with van der Waals surface area (Å²) in [5.74, 6) is 0.213. The van der Waals surface area contributed by atoms with Crippen LogP contribution in [0.25, 0.3) is 0 Å². The molecule has 0 aromatic carbocycles. The largest absolute Gasteiger partial charge is 0.359 e. The summed E-state index contributed by atoms with van der Waals surface area (Å²) in [5, 5.41) is 2.53. The predicted octanol–water partition coefficient (Wildman–Crippen LogP) is 0.594. The maximum absolute atomic E-state index is 10.4. The number of nitrogens with one attached hydrogen (secondary N) is 1. The molecule has 0 spiro atoms. The van der Waals surface area contributed by atoms with E-state index >= 15 is 0 Å². The van der Waals surface area contributed by atoms with Gasteiger partial charge < -0.3 is 10.1 Å². The number of rotatable bonds is 1. The number of carbonyl (C=O) groups is 2. The molecular weight excluding hydrogens is 130 g/mol. The summed E-state index contributed by atoms with van der Waals surface area (Å²) in [5.41, 5.74) is 0. The second kappa shape index (κ2) is 8.14. The van der Waals surface area contributed by atoms with Crippen LogP contribution < -0.4 is 5.32 Å². The minimum Gasteiger partial charge on any atom is -0.359 e. The van der Waals surface area contributed by atoms with Crippen molar-refractivity contribution in [2.45, 2.75) is 20.8 Å². The van der Waals surface area contributed by atoms with Gasteiger partial charge in [-0.3, -0.25) is 4.79 Å². The van der Waals surface area contributed by atoms with E-state index in [1.54, 1.807) is 7.05 Å². The molecule has 0 fully saturated rings. The quantitative estimate of drug-likeness (QED) is 0.549. The molecule has 0 aliphatic carbocycles. The van der Waals surface area contributed by atoms with Crippen molar-refractivity contribution < 1.29 is 9.59 Å². The maximum atomic E-state index is 10.4. The first-order chi connectivity index (χ1) is 4.59. The Hall–Kier alpha value is -0.860. The summed E-state index contributed by atoms with van der Waals surface area (Å²) >= 11 is 0. The van der Waals surface area contributed by atoms with E-state index in [0.717, 1.165) is 6.29 Å². The fourth-order valence-corrected chi connectivity index (χ4v) is 0.289. The Kier molecular flexibility index (Phi) is 9.67. The van der Waals surface area contributed by atoms with Crippen molar-refractivity contribution in [3.05, 3.63) is 0 Å². The molecule has 0 heterocycles. The van der Waals surface area contributed by atoms with Gasteiger partial charge in [0.25, 0.3) is 0 Å². The molecule has 3 nitrogen and oxygen atoms in total. The Morgan fingerprint density at radius 2 is 1.80 bits per heavy atom. The SMILES string of the molecule is CC=O.CNC(=O)C(C)C. The summed E-state index contributed by atoms with van der Waals surface area (Å²) in [7, 11) is 1.64. The van der Waals surface area contributed by atoms with E-state index in [4.69, 9.17) is 4.79 Å². The highest BCUT2D eigenvalue weighted by Crippen LogP contribution is 1.87. The molecule has 0 radical (unpaired) electrons. The van der Waals surface area contributed by atoms with Gasteiger partial charge >= 0.3 is 0 Å². The van der Waals surface area contributed by atoms with Crippen LogP contribution in [-0.4, -0.2) is 19.2 Å². The molecule has 3 heteroatoms. The van der Waals surface area contributed by atoms with Crippen molar-refractivity contribution in [3.63, 3.8) is 0 Å². The third kappa shape index (κ3) is 10.2. The van der Waals surface area contributed by atoms with Crippen LogP contribution in [-0.2, 0) is 9.59 Å². The van der Waals surface area contributed by atoms with E-state index in [1.165, 1.54) is 6.92 Å². The monoisotopic (exact) mass is 145 g/mol. The highest BCUT2D eigenvalue weighted by molar-refractivity contribution is 5.77. The van der Waals surface area contributed by atoms with Crippen molar-refractivity contribution >= 4 is 12.2 Å². The van der Waals surface area contributed by atoms with Crippen LogP contribution in [0.1, 0.15) is 20.8 Å². The maximum Gasteiger partial charge on any atom is 0.222 e. The van der Waals surface area contributed by atoms with E-state index in [2.05, 4.69) is 5.32 Å². The first-order valence-electron chi connectivity index (χ1n) is 3.21. The van der Waals surface area contributed by atoms with Gasteiger partial charge in [-0.1, -0.05) is 13.8 Å². The van der Waals surface area contributed by atoms with Crippen molar-refractivity contribution in [2.24, 2.45) is 5.92 Å². The molecule has 0 bridgehead atoms. The average molecular weight is 145 g/mol. The zero-order valence-electron chi connectivity index (χ0n) is 6.97. The van der Waals surface area contributed by atoms with Gasteiger partial charge in [0.2, 0.25) is 5.91 Å². The Morgan fingerprint density at radius 3 is 1.80 bits per heavy atom. The third-order valence-electron chi connectivity index (χ3n) is 0.771. The molecule has 0 saturated heterocycles. The van der Waals surface area contributed by atoms with E-state index in [1.807, 2.05) is 13.8 Å². The molecule has 0 saturated carbocycles. The molecular formula is C7H15NO2. The van der Waals surface area contributed by atoms with Crippen LogP contribution in [0.3, 0.4) is 0 Å². The molecule has 1 N–H and O–H groups in total. The lowest BCUT2D eigenvalue weighted by Crippen LogP contribution is -2.22. The van der Waals surface area contributed by atoms with E-state index < -0.39 is 0 Å². The molecule has 60 valence electrons. The summed E-state index contributed by atoms with van der Waals surface area (Å²) < 4.78 is 0. The fraction of sp³-hybridized carbons (Fsp3) is 0.714. The van der Waals surface area contributed by atoms with Crippen molar-refractivity contribution in [1.29, 1.82) is 0 Å². The van der Waals surface area contributed by atoms with Gasteiger partial charge in [0.05, 0.1) is 0 Å². The predicted molar refractivity (Wildman–Crippen MR) is 40.6 cm³/mol. The second-order valence-electron chi connectivity index (χ2n) is 2.00. The number of aldehydes is 1. The third-order valence-corrected chi connectivity index (χ3v) is 0.771. The van der Waals surface area contributed by atoms with Crippen LogP contribution in [0.4, 0.5) is 0 Å². The Morgan fingerprint density at radius 1 is 1.50 bits per heavy atom. The molecule has 0 aromatic rings. The van der Waals surface area contributed by atoms with Gasteiger partial charge in [0, 0.05) is 13.0 Å². The summed E-state index contributed by atoms with van der Waals surface area (Å²) in [6, 6.07) is 0. The average Bonchev–Trinajstić information content (AvgIpc) is 1.88. The minimum absolute atomic E-state index is 0.0972. The molecule has 0 rings (SSSR count). The van der Waals surface area contributed by atoms with Gasteiger partial charge in [0.1, 0.15) is 6.29 Å². The van der Waals surface area contributed by atoms with Crippen LogP contribution >= 0.6 is 0 Å². The van der Waals surface area contributed by atoms with Crippen LogP contribution in [0, 0.1) is 5.92 Å². The van der Waals surface area contributed by atoms with E-state index in [0.29, 0.717) is 0 Å². The number of amides is 1. The van der Waals surface area contributed by atoms with Crippen molar-refractivity contribution in [3.8, 4) is 0 Å². The normalized spacial score (nSPS) is 7.70. The lowest BCUT2D eigenvalue weighted by molar-refractivity contribution is -0.123. The highest BCUT2D eigenvalue weighted by Gasteiger charge is 2.00. The van der Waals surface area contributed by atoms with Crippen molar-refractivity contribution in [2.75, 3.05) is 7.05 Å². The van der Waals surface area contributed by atoms with Gasteiger partial charge in [-0.25, -0.2) is 0 Å². The first kappa shape index (κ1) is 11.9. The Labute approximate surface area is 61.8 Å². The van der Waals surface area contributed by atoms with Gasteiger partial charge in [-0.05, 0) is 6.92 Å². The molecule has 0 aromatic heterocycles. The van der Waals surface area contributed by atoms with E-state index in [9.17, 15) is 4.79 Å².